The fraction of sp³-hybridized carbons (Fsp3) is 0.136. The van der Waals surface area contributed by atoms with E-state index in [4.69, 9.17) is 16.2 Å². The number of H-pyrrole nitrogens is 1. The average molecular weight is 358 g/mol. The number of aromatic nitrogens is 2. The Kier molecular flexibility index (Phi) is 4.77. The van der Waals surface area contributed by atoms with E-state index in [-0.39, 0.29) is 6.04 Å². The highest BCUT2D eigenvalue weighted by Gasteiger charge is 2.10. The van der Waals surface area contributed by atoms with Crippen LogP contribution in [-0.2, 0) is 6.42 Å². The van der Waals surface area contributed by atoms with Crippen molar-refractivity contribution in [2.75, 3.05) is 12.3 Å². The number of benzene rings is 2. The summed E-state index contributed by atoms with van der Waals surface area (Å²) in [5, 5.41) is 1.21. The van der Waals surface area contributed by atoms with Crippen LogP contribution in [-0.4, -0.2) is 22.6 Å². The number of anilines is 1. The molecule has 0 fully saturated rings. The minimum atomic E-state index is -0.107. The number of rotatable bonds is 6. The molecule has 5 heteroatoms. The standard InChI is InChI=1S/C22H22N4O/c23-18-7-5-15(6-8-18)16-10-20(13-25-11-16)27-14-19(24)9-17-12-26-22-4-2-1-3-21(17)22/h1-8,10-13,19,26H,9,14,23-24H2/t19-/m0/s1. The molecular formula is C22H22N4O. The molecule has 4 aromatic rings. The molecule has 1 atom stereocenters. The number of nitrogens with one attached hydrogen (secondary N) is 1. The summed E-state index contributed by atoms with van der Waals surface area (Å²) in [6, 6.07) is 17.8. The highest BCUT2D eigenvalue weighted by atomic mass is 16.5. The summed E-state index contributed by atoms with van der Waals surface area (Å²) in [4.78, 5) is 7.56. The van der Waals surface area contributed by atoms with Gasteiger partial charge in [-0.3, -0.25) is 4.98 Å². The lowest BCUT2D eigenvalue weighted by atomic mass is 10.1. The van der Waals surface area contributed by atoms with Gasteiger partial charge in [0.1, 0.15) is 12.4 Å². The number of pyridine rings is 1. The van der Waals surface area contributed by atoms with Gasteiger partial charge in [-0.1, -0.05) is 30.3 Å². The maximum Gasteiger partial charge on any atom is 0.138 e. The zero-order chi connectivity index (χ0) is 18.6. The Morgan fingerprint density at radius 2 is 1.81 bits per heavy atom. The van der Waals surface area contributed by atoms with Crippen LogP contribution in [0.3, 0.4) is 0 Å². The van der Waals surface area contributed by atoms with E-state index in [0.717, 1.165) is 28.8 Å². The topological polar surface area (TPSA) is 89.9 Å². The van der Waals surface area contributed by atoms with Crippen molar-refractivity contribution in [1.82, 2.24) is 9.97 Å². The van der Waals surface area contributed by atoms with Gasteiger partial charge in [0.25, 0.3) is 0 Å². The van der Waals surface area contributed by atoms with Crippen LogP contribution in [0.25, 0.3) is 22.0 Å². The molecule has 27 heavy (non-hydrogen) atoms. The summed E-state index contributed by atoms with van der Waals surface area (Å²) >= 11 is 0. The molecule has 4 rings (SSSR count). The molecule has 136 valence electrons. The quantitative estimate of drug-likeness (QED) is 0.458. The Morgan fingerprint density at radius 1 is 1.00 bits per heavy atom. The third-order valence-electron chi connectivity index (χ3n) is 4.58. The van der Waals surface area contributed by atoms with E-state index in [1.807, 2.05) is 54.9 Å². The number of hydrogen-bond donors (Lipinski definition) is 3. The first-order valence-corrected chi connectivity index (χ1v) is 8.93. The van der Waals surface area contributed by atoms with Crippen LogP contribution in [0.5, 0.6) is 5.75 Å². The molecule has 2 aromatic heterocycles. The number of nitrogens with zero attached hydrogens (tertiary/aromatic N) is 1. The smallest absolute Gasteiger partial charge is 0.138 e. The first-order valence-electron chi connectivity index (χ1n) is 8.93. The molecule has 0 bridgehead atoms. The Labute approximate surface area is 158 Å². The number of ether oxygens (including phenoxy) is 1. The monoisotopic (exact) mass is 358 g/mol. The molecule has 0 saturated carbocycles. The van der Waals surface area contributed by atoms with Crippen molar-refractivity contribution in [2.24, 2.45) is 5.73 Å². The van der Waals surface area contributed by atoms with E-state index in [2.05, 4.69) is 22.1 Å². The Balaban J connectivity index is 1.41. The molecule has 0 radical (unpaired) electrons. The molecule has 2 heterocycles. The molecule has 2 aromatic carbocycles. The van der Waals surface area contributed by atoms with E-state index in [1.165, 1.54) is 10.9 Å². The normalized spacial score (nSPS) is 12.2. The van der Waals surface area contributed by atoms with Crippen molar-refractivity contribution in [3.63, 3.8) is 0 Å². The summed E-state index contributed by atoms with van der Waals surface area (Å²) in [6.07, 6.45) is 6.28. The molecule has 0 saturated heterocycles. The molecule has 0 aliphatic heterocycles. The molecule has 0 spiro atoms. The summed E-state index contributed by atoms with van der Waals surface area (Å²) < 4.78 is 5.89. The van der Waals surface area contributed by atoms with Gasteiger partial charge in [0, 0.05) is 40.6 Å². The van der Waals surface area contributed by atoms with Gasteiger partial charge in [-0.15, -0.1) is 0 Å². The first-order chi connectivity index (χ1) is 13.2. The van der Waals surface area contributed by atoms with Gasteiger partial charge in [0.15, 0.2) is 0 Å². The van der Waals surface area contributed by atoms with Crippen molar-refractivity contribution in [3.05, 3.63) is 78.8 Å². The summed E-state index contributed by atoms with van der Waals surface area (Å²) in [6.45, 7) is 0.423. The van der Waals surface area contributed by atoms with Crippen LogP contribution in [0.4, 0.5) is 5.69 Å². The van der Waals surface area contributed by atoms with Gasteiger partial charge >= 0.3 is 0 Å². The number of aromatic amines is 1. The zero-order valence-corrected chi connectivity index (χ0v) is 14.9. The third kappa shape index (κ3) is 3.93. The zero-order valence-electron chi connectivity index (χ0n) is 14.9. The number of para-hydroxylation sites is 1. The van der Waals surface area contributed by atoms with Crippen LogP contribution in [0.2, 0.25) is 0 Å². The molecule has 5 nitrogen and oxygen atoms in total. The molecular weight excluding hydrogens is 336 g/mol. The predicted molar refractivity (Wildman–Crippen MR) is 110 cm³/mol. The maximum atomic E-state index is 6.30. The largest absolute Gasteiger partial charge is 0.490 e. The summed E-state index contributed by atoms with van der Waals surface area (Å²) in [7, 11) is 0. The van der Waals surface area contributed by atoms with Crippen molar-refractivity contribution >= 4 is 16.6 Å². The second-order valence-corrected chi connectivity index (χ2v) is 6.67. The van der Waals surface area contributed by atoms with E-state index in [9.17, 15) is 0 Å². The average Bonchev–Trinajstić information content (AvgIpc) is 3.10. The van der Waals surface area contributed by atoms with E-state index < -0.39 is 0 Å². The SMILES string of the molecule is Nc1ccc(-c2cncc(OC[C@@H](N)Cc3c[nH]c4ccccc34)c2)cc1. The second kappa shape index (κ2) is 7.51. The minimum absolute atomic E-state index is 0.107. The van der Waals surface area contributed by atoms with Crippen LogP contribution in [0, 0.1) is 0 Å². The molecule has 0 amide bonds. The van der Waals surface area contributed by atoms with Crippen molar-refractivity contribution in [3.8, 4) is 16.9 Å². The Hall–Kier alpha value is -3.31. The van der Waals surface area contributed by atoms with Gasteiger partial charge in [-0.05, 0) is 41.8 Å². The highest BCUT2D eigenvalue weighted by Crippen LogP contribution is 2.24. The number of nitrogens with two attached hydrogens (primary N) is 2. The van der Waals surface area contributed by atoms with Crippen LogP contribution in [0.15, 0.2) is 73.2 Å². The lowest BCUT2D eigenvalue weighted by molar-refractivity contribution is 0.287. The highest BCUT2D eigenvalue weighted by molar-refractivity contribution is 5.83. The third-order valence-corrected chi connectivity index (χ3v) is 4.58. The Bertz CT molecular complexity index is 1040. The molecule has 0 aliphatic rings. The summed E-state index contributed by atoms with van der Waals surface area (Å²) in [5.74, 6) is 0.707. The number of hydrogen-bond acceptors (Lipinski definition) is 4. The fourth-order valence-corrected chi connectivity index (χ4v) is 3.18. The van der Waals surface area contributed by atoms with Gasteiger partial charge in [0.05, 0.1) is 6.20 Å². The van der Waals surface area contributed by atoms with E-state index in [1.54, 1.807) is 6.20 Å². The van der Waals surface area contributed by atoms with Gasteiger partial charge in [0.2, 0.25) is 0 Å². The van der Waals surface area contributed by atoms with Crippen LogP contribution >= 0.6 is 0 Å². The lowest BCUT2D eigenvalue weighted by Crippen LogP contribution is -2.30. The maximum absolute atomic E-state index is 6.30. The van der Waals surface area contributed by atoms with Crippen molar-refractivity contribution in [2.45, 2.75) is 12.5 Å². The van der Waals surface area contributed by atoms with Gasteiger partial charge in [-0.25, -0.2) is 0 Å². The van der Waals surface area contributed by atoms with Gasteiger partial charge in [-0.2, -0.15) is 0 Å². The van der Waals surface area contributed by atoms with Crippen LogP contribution < -0.4 is 16.2 Å². The fourth-order valence-electron chi connectivity index (χ4n) is 3.18. The van der Waals surface area contributed by atoms with Crippen LogP contribution in [0.1, 0.15) is 5.56 Å². The molecule has 0 unspecified atom stereocenters. The van der Waals surface area contributed by atoms with Crippen molar-refractivity contribution in [1.29, 1.82) is 0 Å². The van der Waals surface area contributed by atoms with E-state index >= 15 is 0 Å². The molecule has 5 N–H and O–H groups in total. The first kappa shape index (κ1) is 17.1. The van der Waals surface area contributed by atoms with Crippen molar-refractivity contribution < 1.29 is 4.74 Å². The number of nitrogen functional groups attached to an aromatic ring is 1. The summed E-state index contributed by atoms with van der Waals surface area (Å²) in [5.41, 5.74) is 17.1. The molecule has 0 aliphatic carbocycles. The lowest BCUT2D eigenvalue weighted by Gasteiger charge is -2.13. The number of fused-ring (bicyclic) bond motifs is 1. The minimum Gasteiger partial charge on any atom is -0.490 e. The second-order valence-electron chi connectivity index (χ2n) is 6.67. The van der Waals surface area contributed by atoms with Gasteiger partial charge < -0.3 is 21.2 Å². The predicted octanol–water partition coefficient (Wildman–Crippen LogP) is 3.76. The Morgan fingerprint density at radius 3 is 2.67 bits per heavy atom. The van der Waals surface area contributed by atoms with E-state index in [0.29, 0.717) is 12.4 Å².